The van der Waals surface area contributed by atoms with Crippen LogP contribution in [-0.4, -0.2) is 11.5 Å². The molecule has 3 nitrogen and oxygen atoms in total. The van der Waals surface area contributed by atoms with Gasteiger partial charge in [-0.2, -0.15) is 0 Å². The maximum Gasteiger partial charge on any atom is 0.328 e. The number of rotatable bonds is 1. The molecule has 0 amide bonds. The van der Waals surface area contributed by atoms with Gasteiger partial charge in [-0.25, -0.2) is 4.79 Å². The molecule has 1 saturated carbocycles. The number of hydrogen-bond acceptors (Lipinski definition) is 3. The number of esters is 1. The third-order valence-electron chi connectivity index (χ3n) is 4.11. The van der Waals surface area contributed by atoms with Crippen LogP contribution in [0.1, 0.15) is 49.5 Å². The van der Waals surface area contributed by atoms with Crippen LogP contribution in [0.3, 0.4) is 0 Å². The molecule has 1 aliphatic carbocycles. The Morgan fingerprint density at radius 1 is 1.17 bits per heavy atom. The topological polar surface area (TPSA) is 38.3 Å². The Labute approximate surface area is 108 Å². The molecule has 1 heterocycles. The molecule has 1 N–H and O–H groups in total. The summed E-state index contributed by atoms with van der Waals surface area (Å²) < 4.78 is 5.53. The van der Waals surface area contributed by atoms with E-state index in [0.29, 0.717) is 0 Å². The summed E-state index contributed by atoms with van der Waals surface area (Å²) in [5.74, 6) is -0.0622. The Morgan fingerprint density at radius 3 is 2.50 bits per heavy atom. The van der Waals surface area contributed by atoms with Gasteiger partial charge in [0, 0.05) is 5.56 Å². The molecule has 1 aliphatic heterocycles. The Morgan fingerprint density at radius 2 is 1.83 bits per heavy atom. The Kier molecular flexibility index (Phi) is 2.86. The zero-order chi connectivity index (χ0) is 12.6. The van der Waals surface area contributed by atoms with Crippen molar-refractivity contribution >= 4 is 5.97 Å². The average Bonchev–Trinajstić information content (AvgIpc) is 2.69. The SMILES string of the molecule is Cc1ccc(C2NC3(CCCCC3)C(=O)O2)cc1. The van der Waals surface area contributed by atoms with Crippen molar-refractivity contribution in [2.45, 2.75) is 50.8 Å². The van der Waals surface area contributed by atoms with Gasteiger partial charge in [0.2, 0.25) is 0 Å². The highest BCUT2D eigenvalue weighted by Gasteiger charge is 2.49. The summed E-state index contributed by atoms with van der Waals surface area (Å²) in [6.07, 6.45) is 5.01. The third-order valence-corrected chi connectivity index (χ3v) is 4.11. The minimum absolute atomic E-state index is 0.0622. The van der Waals surface area contributed by atoms with Crippen LogP contribution < -0.4 is 5.32 Å². The lowest BCUT2D eigenvalue weighted by Crippen LogP contribution is -2.47. The van der Waals surface area contributed by atoms with E-state index < -0.39 is 5.54 Å². The number of hydrogen-bond donors (Lipinski definition) is 1. The van der Waals surface area contributed by atoms with Crippen LogP contribution in [0.15, 0.2) is 24.3 Å². The van der Waals surface area contributed by atoms with Crippen LogP contribution in [0.5, 0.6) is 0 Å². The average molecular weight is 245 g/mol. The fraction of sp³-hybridized carbons (Fsp3) is 0.533. The van der Waals surface area contributed by atoms with E-state index in [9.17, 15) is 4.79 Å². The van der Waals surface area contributed by atoms with Crippen molar-refractivity contribution in [3.05, 3.63) is 35.4 Å². The summed E-state index contributed by atoms with van der Waals surface area (Å²) in [5, 5.41) is 3.42. The first-order valence-electron chi connectivity index (χ1n) is 6.75. The molecule has 2 fully saturated rings. The quantitative estimate of drug-likeness (QED) is 0.773. The molecule has 0 radical (unpaired) electrons. The van der Waals surface area contributed by atoms with Crippen LogP contribution in [0.4, 0.5) is 0 Å². The predicted molar refractivity (Wildman–Crippen MR) is 69.0 cm³/mol. The lowest BCUT2D eigenvalue weighted by atomic mass is 9.82. The zero-order valence-electron chi connectivity index (χ0n) is 10.7. The number of carbonyl (C=O) groups excluding carboxylic acids is 1. The van der Waals surface area contributed by atoms with Crippen LogP contribution in [0.2, 0.25) is 0 Å². The lowest BCUT2D eigenvalue weighted by Gasteiger charge is -2.29. The number of nitrogens with one attached hydrogen (secondary N) is 1. The molecule has 3 heteroatoms. The first-order chi connectivity index (χ1) is 8.70. The van der Waals surface area contributed by atoms with Gasteiger partial charge in [-0.3, -0.25) is 5.32 Å². The third kappa shape index (κ3) is 1.93. The normalized spacial score (nSPS) is 26.3. The minimum Gasteiger partial charge on any atom is -0.441 e. The molecule has 2 aliphatic rings. The van der Waals surface area contributed by atoms with E-state index in [0.717, 1.165) is 31.2 Å². The molecule has 3 rings (SSSR count). The summed E-state index contributed by atoms with van der Waals surface area (Å²) in [5.41, 5.74) is 1.85. The standard InChI is InChI=1S/C15H19NO2/c1-11-5-7-12(8-6-11)13-16-15(14(17)18-13)9-3-2-4-10-15/h5-8,13,16H,2-4,9-10H2,1H3. The number of carbonyl (C=O) groups is 1. The van der Waals surface area contributed by atoms with E-state index >= 15 is 0 Å². The molecular formula is C15H19NO2. The molecular weight excluding hydrogens is 226 g/mol. The van der Waals surface area contributed by atoms with Crippen molar-refractivity contribution in [1.82, 2.24) is 5.32 Å². The maximum atomic E-state index is 12.1. The fourth-order valence-corrected chi connectivity index (χ4v) is 2.96. The summed E-state index contributed by atoms with van der Waals surface area (Å²) in [7, 11) is 0. The molecule has 1 spiro atoms. The Bertz CT molecular complexity index is 446. The van der Waals surface area contributed by atoms with E-state index in [1.54, 1.807) is 0 Å². The van der Waals surface area contributed by atoms with Crippen LogP contribution in [0, 0.1) is 6.92 Å². The van der Waals surface area contributed by atoms with Crippen LogP contribution in [0.25, 0.3) is 0 Å². The second-order valence-corrected chi connectivity index (χ2v) is 5.48. The molecule has 1 unspecified atom stereocenters. The van der Waals surface area contributed by atoms with E-state index in [2.05, 4.69) is 24.4 Å². The minimum atomic E-state index is -0.409. The summed E-state index contributed by atoms with van der Waals surface area (Å²) in [6, 6.07) is 8.16. The largest absolute Gasteiger partial charge is 0.441 e. The lowest BCUT2D eigenvalue weighted by molar-refractivity contribution is -0.146. The van der Waals surface area contributed by atoms with Crippen molar-refractivity contribution in [3.8, 4) is 0 Å². The first-order valence-corrected chi connectivity index (χ1v) is 6.75. The smallest absolute Gasteiger partial charge is 0.328 e. The molecule has 0 bridgehead atoms. The highest BCUT2D eigenvalue weighted by atomic mass is 16.6. The molecule has 0 aromatic heterocycles. The van der Waals surface area contributed by atoms with Gasteiger partial charge in [0.15, 0.2) is 6.23 Å². The molecule has 1 aromatic rings. The number of ether oxygens (including phenoxy) is 1. The van der Waals surface area contributed by atoms with Crippen molar-refractivity contribution < 1.29 is 9.53 Å². The van der Waals surface area contributed by atoms with Gasteiger partial charge in [0.25, 0.3) is 0 Å². The van der Waals surface area contributed by atoms with Crippen molar-refractivity contribution in [3.63, 3.8) is 0 Å². The molecule has 1 atom stereocenters. The van der Waals surface area contributed by atoms with E-state index in [1.165, 1.54) is 12.0 Å². The summed E-state index contributed by atoms with van der Waals surface area (Å²) in [4.78, 5) is 12.1. The van der Waals surface area contributed by atoms with E-state index in [-0.39, 0.29) is 12.2 Å². The number of cyclic esters (lactones) is 1. The van der Waals surface area contributed by atoms with Crippen molar-refractivity contribution in [2.75, 3.05) is 0 Å². The van der Waals surface area contributed by atoms with Crippen molar-refractivity contribution in [1.29, 1.82) is 0 Å². The molecule has 1 aromatic carbocycles. The number of benzene rings is 1. The monoisotopic (exact) mass is 245 g/mol. The van der Waals surface area contributed by atoms with Gasteiger partial charge in [-0.1, -0.05) is 49.1 Å². The second-order valence-electron chi connectivity index (χ2n) is 5.48. The Balaban J connectivity index is 1.81. The van der Waals surface area contributed by atoms with Crippen LogP contribution >= 0.6 is 0 Å². The highest BCUT2D eigenvalue weighted by molar-refractivity contribution is 5.83. The van der Waals surface area contributed by atoms with Crippen molar-refractivity contribution in [2.24, 2.45) is 0 Å². The van der Waals surface area contributed by atoms with E-state index in [1.807, 2.05) is 12.1 Å². The summed E-state index contributed by atoms with van der Waals surface area (Å²) in [6.45, 7) is 2.06. The Hall–Kier alpha value is -1.35. The predicted octanol–water partition coefficient (Wildman–Crippen LogP) is 2.84. The zero-order valence-corrected chi connectivity index (χ0v) is 10.7. The summed E-state index contributed by atoms with van der Waals surface area (Å²) >= 11 is 0. The first kappa shape index (κ1) is 11.7. The highest BCUT2D eigenvalue weighted by Crippen LogP contribution is 2.37. The van der Waals surface area contributed by atoms with Gasteiger partial charge in [-0.05, 0) is 19.8 Å². The van der Waals surface area contributed by atoms with Gasteiger partial charge >= 0.3 is 5.97 Å². The van der Waals surface area contributed by atoms with Gasteiger partial charge in [-0.15, -0.1) is 0 Å². The maximum absolute atomic E-state index is 12.1. The molecule has 1 saturated heterocycles. The van der Waals surface area contributed by atoms with Gasteiger partial charge in [0.1, 0.15) is 5.54 Å². The number of aryl methyl sites for hydroxylation is 1. The fourth-order valence-electron chi connectivity index (χ4n) is 2.96. The molecule has 18 heavy (non-hydrogen) atoms. The van der Waals surface area contributed by atoms with Gasteiger partial charge in [0.05, 0.1) is 0 Å². The van der Waals surface area contributed by atoms with E-state index in [4.69, 9.17) is 4.74 Å². The molecule has 96 valence electrons. The van der Waals surface area contributed by atoms with Gasteiger partial charge < -0.3 is 4.74 Å². The van der Waals surface area contributed by atoms with Crippen LogP contribution in [-0.2, 0) is 9.53 Å². The second kappa shape index (κ2) is 4.39.